The summed E-state index contributed by atoms with van der Waals surface area (Å²) in [7, 11) is 2.41. The fourth-order valence-electron chi connectivity index (χ4n) is 4.14. The summed E-state index contributed by atoms with van der Waals surface area (Å²) in [6, 6.07) is 0. The Morgan fingerprint density at radius 3 is 1.91 bits per heavy atom. The number of fused-ring (bicyclic) bond motifs is 2. The number of carbonyl (C=O) groups excluding carboxylic acids is 2. The van der Waals surface area contributed by atoms with E-state index in [-0.39, 0.29) is 0 Å². The van der Waals surface area contributed by atoms with Crippen LogP contribution in [0.25, 0.3) is 0 Å². The minimum Gasteiger partial charge on any atom is -0.468 e. The lowest BCUT2D eigenvalue weighted by Gasteiger charge is -2.57. The standard InChI is InChI=1S/C14H19ClO8/c1-10-7(8(16)18-5)11(2)22-13(4,21-10)14(23-11,9(17)19-6)12(3,15)20-10/h7H,1-6H3/t7-,10+,11+,12+,13+,14-/m0/s1. The molecule has 8 nitrogen and oxygen atoms in total. The summed E-state index contributed by atoms with van der Waals surface area (Å²) in [5, 5.41) is -1.71. The van der Waals surface area contributed by atoms with E-state index < -0.39 is 45.9 Å². The van der Waals surface area contributed by atoms with Gasteiger partial charge in [0.05, 0.1) is 14.2 Å². The van der Waals surface area contributed by atoms with E-state index >= 15 is 0 Å². The molecule has 0 amide bonds. The van der Waals surface area contributed by atoms with E-state index in [0.29, 0.717) is 0 Å². The van der Waals surface area contributed by atoms with Crippen LogP contribution in [-0.2, 0) is 38.0 Å². The van der Waals surface area contributed by atoms with Crippen molar-refractivity contribution in [3.8, 4) is 0 Å². The smallest absolute Gasteiger partial charge is 0.348 e. The van der Waals surface area contributed by atoms with Gasteiger partial charge in [-0.05, 0) is 27.7 Å². The molecule has 3 heterocycles. The molecule has 3 saturated heterocycles. The number of hydrogen-bond donors (Lipinski definition) is 0. The third-order valence-corrected chi connectivity index (χ3v) is 5.12. The first-order chi connectivity index (χ1) is 10.4. The number of carbonyl (C=O) groups is 2. The Balaban J connectivity index is 2.26. The molecule has 0 aromatic carbocycles. The molecule has 9 heteroatoms. The van der Waals surface area contributed by atoms with Gasteiger partial charge in [0.25, 0.3) is 5.60 Å². The SMILES string of the molecule is COC(=O)[C@H]1[C@@]2(C)O[C@]3(C)O[C@]1(C)O[C@@]3(C(=O)OC)[C@](C)(Cl)O2. The lowest BCUT2D eigenvalue weighted by Crippen LogP contribution is -2.77. The molecule has 0 saturated carbocycles. The van der Waals surface area contributed by atoms with Crippen LogP contribution in [-0.4, -0.2) is 54.2 Å². The molecular weight excluding hydrogens is 332 g/mol. The van der Waals surface area contributed by atoms with Crippen LogP contribution in [0.2, 0.25) is 0 Å². The van der Waals surface area contributed by atoms with Gasteiger partial charge in [-0.15, -0.1) is 0 Å². The molecule has 0 unspecified atom stereocenters. The van der Waals surface area contributed by atoms with Gasteiger partial charge in [0.1, 0.15) is 0 Å². The predicted octanol–water partition coefficient (Wildman–Crippen LogP) is 0.898. The molecule has 3 aliphatic rings. The Labute approximate surface area is 138 Å². The predicted molar refractivity (Wildman–Crippen MR) is 74.1 cm³/mol. The first kappa shape index (κ1) is 16.9. The molecule has 0 spiro atoms. The molecule has 0 aromatic rings. The van der Waals surface area contributed by atoms with E-state index in [2.05, 4.69) is 0 Å². The lowest BCUT2D eigenvalue weighted by atomic mass is 9.83. The molecule has 0 aromatic heterocycles. The highest BCUT2D eigenvalue weighted by Crippen LogP contribution is 2.66. The summed E-state index contributed by atoms with van der Waals surface area (Å²) in [6.07, 6.45) is 0. The van der Waals surface area contributed by atoms with Crippen molar-refractivity contribution in [2.75, 3.05) is 14.2 Å². The van der Waals surface area contributed by atoms with Gasteiger partial charge in [0.2, 0.25) is 5.79 Å². The molecule has 0 radical (unpaired) electrons. The Bertz CT molecular complexity index is 589. The Morgan fingerprint density at radius 2 is 1.43 bits per heavy atom. The van der Waals surface area contributed by atoms with E-state index in [0.717, 1.165) is 0 Å². The van der Waals surface area contributed by atoms with Gasteiger partial charge < -0.3 is 28.4 Å². The van der Waals surface area contributed by atoms with E-state index in [4.69, 9.17) is 40.0 Å². The van der Waals surface area contributed by atoms with Crippen LogP contribution in [0.3, 0.4) is 0 Å². The highest BCUT2D eigenvalue weighted by Gasteiger charge is 2.88. The molecular formula is C14H19ClO8. The highest BCUT2D eigenvalue weighted by atomic mass is 35.5. The molecule has 23 heavy (non-hydrogen) atoms. The average molecular weight is 351 g/mol. The number of methoxy groups -OCH3 is 2. The minimum atomic E-state index is -1.92. The molecule has 0 aliphatic carbocycles. The van der Waals surface area contributed by atoms with E-state index in [1.54, 1.807) is 0 Å². The second kappa shape index (κ2) is 4.37. The lowest BCUT2D eigenvalue weighted by molar-refractivity contribution is -0.466. The van der Waals surface area contributed by atoms with Crippen molar-refractivity contribution in [3.63, 3.8) is 0 Å². The van der Waals surface area contributed by atoms with Crippen LogP contribution in [0, 0.1) is 5.92 Å². The zero-order valence-electron chi connectivity index (χ0n) is 13.7. The third kappa shape index (κ3) is 1.70. The largest absolute Gasteiger partial charge is 0.468 e. The molecule has 3 bridgehead atoms. The number of hydrogen-bond acceptors (Lipinski definition) is 8. The fraction of sp³-hybridized carbons (Fsp3) is 0.857. The first-order valence-corrected chi connectivity index (χ1v) is 7.45. The maximum absolute atomic E-state index is 12.6. The van der Waals surface area contributed by atoms with Gasteiger partial charge in [0, 0.05) is 0 Å². The van der Waals surface area contributed by atoms with Crippen molar-refractivity contribution in [2.24, 2.45) is 5.92 Å². The number of alkyl halides is 1. The van der Waals surface area contributed by atoms with Gasteiger partial charge in [0.15, 0.2) is 22.6 Å². The second-order valence-corrected chi connectivity index (χ2v) is 7.15. The van der Waals surface area contributed by atoms with Crippen LogP contribution < -0.4 is 0 Å². The Hall–Kier alpha value is -0.930. The summed E-state index contributed by atoms with van der Waals surface area (Å²) in [6.45, 7) is 5.99. The topological polar surface area (TPSA) is 89.5 Å². The molecule has 6 atom stereocenters. The van der Waals surface area contributed by atoms with Gasteiger partial charge in [-0.2, -0.15) is 0 Å². The monoisotopic (exact) mass is 350 g/mol. The zero-order valence-corrected chi connectivity index (χ0v) is 14.5. The van der Waals surface area contributed by atoms with Crippen molar-refractivity contribution in [3.05, 3.63) is 0 Å². The van der Waals surface area contributed by atoms with Crippen LogP contribution in [0.5, 0.6) is 0 Å². The van der Waals surface area contributed by atoms with Crippen LogP contribution in [0.15, 0.2) is 0 Å². The number of esters is 2. The van der Waals surface area contributed by atoms with Crippen molar-refractivity contribution in [1.82, 2.24) is 0 Å². The number of ether oxygens (including phenoxy) is 6. The van der Waals surface area contributed by atoms with Crippen molar-refractivity contribution in [2.45, 2.75) is 55.7 Å². The summed E-state index contributed by atoms with van der Waals surface area (Å²) in [5.74, 6) is -7.29. The second-order valence-electron chi connectivity index (χ2n) is 6.43. The minimum absolute atomic E-state index is 0.674. The molecule has 130 valence electrons. The zero-order chi connectivity index (χ0) is 17.5. The Kier molecular flexibility index (Phi) is 3.21. The van der Waals surface area contributed by atoms with Crippen LogP contribution in [0.1, 0.15) is 27.7 Å². The maximum Gasteiger partial charge on any atom is 0.348 e. The normalized spacial score (nSPS) is 54.0. The molecule has 3 fully saturated rings. The Morgan fingerprint density at radius 1 is 0.913 bits per heavy atom. The summed E-state index contributed by atoms with van der Waals surface area (Å²) < 4.78 is 33.2. The molecule has 3 rings (SSSR count). The molecule has 3 aliphatic heterocycles. The quantitative estimate of drug-likeness (QED) is 0.536. The van der Waals surface area contributed by atoms with Crippen LogP contribution >= 0.6 is 11.6 Å². The van der Waals surface area contributed by atoms with E-state index in [1.165, 1.54) is 41.9 Å². The molecule has 0 N–H and O–H groups in total. The van der Waals surface area contributed by atoms with Gasteiger partial charge in [-0.3, -0.25) is 4.79 Å². The van der Waals surface area contributed by atoms with Gasteiger partial charge >= 0.3 is 11.9 Å². The van der Waals surface area contributed by atoms with Crippen molar-refractivity contribution >= 4 is 23.5 Å². The van der Waals surface area contributed by atoms with Crippen molar-refractivity contribution in [1.29, 1.82) is 0 Å². The van der Waals surface area contributed by atoms with E-state index in [9.17, 15) is 9.59 Å². The number of halogens is 1. The van der Waals surface area contributed by atoms with E-state index in [1.807, 2.05) is 0 Å². The number of rotatable bonds is 2. The van der Waals surface area contributed by atoms with Crippen LogP contribution in [0.4, 0.5) is 0 Å². The van der Waals surface area contributed by atoms with Gasteiger partial charge in [-0.25, -0.2) is 4.79 Å². The summed E-state index contributed by atoms with van der Waals surface area (Å²) in [4.78, 5) is 24.9. The third-order valence-electron chi connectivity index (χ3n) is 4.77. The maximum atomic E-state index is 12.6. The highest BCUT2D eigenvalue weighted by molar-refractivity contribution is 6.25. The first-order valence-electron chi connectivity index (χ1n) is 7.07. The summed E-state index contributed by atoms with van der Waals surface area (Å²) in [5.41, 5.74) is -1.92. The summed E-state index contributed by atoms with van der Waals surface area (Å²) >= 11 is 6.52. The van der Waals surface area contributed by atoms with Crippen molar-refractivity contribution < 1.29 is 38.0 Å². The fourth-order valence-corrected chi connectivity index (χ4v) is 4.58. The van der Waals surface area contributed by atoms with Gasteiger partial charge in [-0.1, -0.05) is 11.6 Å². The average Bonchev–Trinajstić information content (AvgIpc) is 2.58.